The summed E-state index contributed by atoms with van der Waals surface area (Å²) in [7, 11) is 0. The number of hydrogen-bond donors (Lipinski definition) is 0. The van der Waals surface area contributed by atoms with Gasteiger partial charge in [0.1, 0.15) is 0 Å². The molecule has 5 unspecified atom stereocenters. The van der Waals surface area contributed by atoms with E-state index in [9.17, 15) is 0 Å². The average Bonchev–Trinajstić information content (AvgIpc) is 2.97. The minimum Gasteiger partial charge on any atom is -0.0651 e. The summed E-state index contributed by atoms with van der Waals surface area (Å²) < 4.78 is 0. The lowest BCUT2D eigenvalue weighted by Crippen LogP contribution is -2.23. The van der Waals surface area contributed by atoms with Crippen molar-refractivity contribution in [3.63, 3.8) is 0 Å². The topological polar surface area (TPSA) is 0 Å². The molecule has 0 N–H and O–H groups in total. The molecule has 0 bridgehead atoms. The van der Waals surface area contributed by atoms with Crippen molar-refractivity contribution in [3.05, 3.63) is 0 Å². The second-order valence-corrected chi connectivity index (χ2v) is 12.8. The van der Waals surface area contributed by atoms with Crippen LogP contribution >= 0.6 is 0 Å². The van der Waals surface area contributed by atoms with Gasteiger partial charge in [-0.05, 0) is 54.8 Å². The first kappa shape index (κ1) is 26.6. The lowest BCUT2D eigenvalue weighted by atomic mass is 9.72. The Morgan fingerprint density at radius 1 is 0.406 bits per heavy atom. The Morgan fingerprint density at radius 2 is 0.750 bits per heavy atom. The van der Waals surface area contributed by atoms with Gasteiger partial charge in [-0.25, -0.2) is 0 Å². The third-order valence-electron chi connectivity index (χ3n) is 10.2. The van der Waals surface area contributed by atoms with Gasteiger partial charge in [-0.3, -0.25) is 0 Å². The molecule has 0 nitrogen and oxygen atoms in total. The summed E-state index contributed by atoms with van der Waals surface area (Å²) in [5.41, 5.74) is 0. The van der Waals surface area contributed by atoms with Crippen LogP contribution in [-0.2, 0) is 0 Å². The predicted octanol–water partition coefficient (Wildman–Crippen LogP) is 11.1. The van der Waals surface area contributed by atoms with Crippen molar-refractivity contribution >= 4 is 0 Å². The van der Waals surface area contributed by atoms with Gasteiger partial charge in [0, 0.05) is 0 Å². The molecule has 0 radical (unpaired) electrons. The van der Waals surface area contributed by atoms with Gasteiger partial charge in [0.05, 0.1) is 0 Å². The molecule has 0 aromatic rings. The average molecular weight is 445 g/mol. The van der Waals surface area contributed by atoms with Crippen LogP contribution in [0, 0.1) is 35.5 Å². The highest BCUT2D eigenvalue weighted by atomic mass is 14.4. The molecule has 0 heterocycles. The fourth-order valence-electron chi connectivity index (χ4n) is 8.11. The summed E-state index contributed by atoms with van der Waals surface area (Å²) in [4.78, 5) is 0. The maximum Gasteiger partial charge on any atom is -0.0383 e. The summed E-state index contributed by atoms with van der Waals surface area (Å²) in [6.07, 6.45) is 36.7. The van der Waals surface area contributed by atoms with E-state index in [1.807, 2.05) is 0 Å². The molecule has 3 saturated carbocycles. The van der Waals surface area contributed by atoms with Crippen molar-refractivity contribution in [1.29, 1.82) is 0 Å². The monoisotopic (exact) mass is 444 g/mol. The molecule has 188 valence electrons. The van der Waals surface area contributed by atoms with Crippen molar-refractivity contribution in [3.8, 4) is 0 Å². The first-order valence-corrected chi connectivity index (χ1v) is 15.8. The van der Waals surface area contributed by atoms with Crippen molar-refractivity contribution in [1.82, 2.24) is 0 Å². The number of hydrogen-bond acceptors (Lipinski definition) is 0. The first-order chi connectivity index (χ1) is 15.8. The van der Waals surface area contributed by atoms with E-state index in [1.165, 1.54) is 103 Å². The second kappa shape index (κ2) is 15.8. The molecular formula is C32H60. The normalized spacial score (nSPS) is 36.4. The van der Waals surface area contributed by atoms with E-state index in [4.69, 9.17) is 0 Å². The lowest BCUT2D eigenvalue weighted by Gasteiger charge is -2.33. The minimum atomic E-state index is 0.970. The van der Waals surface area contributed by atoms with E-state index < -0.39 is 0 Å². The molecule has 0 spiro atoms. The molecule has 0 amide bonds. The van der Waals surface area contributed by atoms with Crippen molar-refractivity contribution in [2.75, 3.05) is 0 Å². The van der Waals surface area contributed by atoms with Crippen LogP contribution in [0.15, 0.2) is 0 Å². The van der Waals surface area contributed by atoms with Crippen molar-refractivity contribution in [2.45, 2.75) is 168 Å². The summed E-state index contributed by atoms with van der Waals surface area (Å²) in [5.74, 6) is 6.20. The zero-order chi connectivity index (χ0) is 22.4. The molecule has 3 aliphatic rings. The van der Waals surface area contributed by atoms with E-state index in [0.29, 0.717) is 0 Å². The Kier molecular flexibility index (Phi) is 13.1. The van der Waals surface area contributed by atoms with Gasteiger partial charge in [-0.2, -0.15) is 0 Å². The van der Waals surface area contributed by atoms with Crippen LogP contribution in [0.4, 0.5) is 0 Å². The van der Waals surface area contributed by atoms with Crippen molar-refractivity contribution in [2.24, 2.45) is 35.5 Å². The van der Waals surface area contributed by atoms with E-state index in [1.54, 1.807) is 51.4 Å². The van der Waals surface area contributed by atoms with Crippen LogP contribution in [0.2, 0.25) is 0 Å². The highest BCUT2D eigenvalue weighted by molar-refractivity contribution is 4.82. The molecule has 5 atom stereocenters. The molecule has 0 aliphatic heterocycles. The Balaban J connectivity index is 1.62. The quantitative estimate of drug-likeness (QED) is 0.406. The molecule has 3 fully saturated rings. The molecule has 0 saturated heterocycles. The number of rotatable bonds is 3. The van der Waals surface area contributed by atoms with E-state index >= 15 is 0 Å². The highest BCUT2D eigenvalue weighted by Gasteiger charge is 2.30. The zero-order valence-electron chi connectivity index (χ0n) is 22.4. The maximum atomic E-state index is 2.59. The maximum absolute atomic E-state index is 2.59. The van der Waals surface area contributed by atoms with Crippen LogP contribution in [-0.4, -0.2) is 0 Å². The van der Waals surface area contributed by atoms with E-state index in [0.717, 1.165) is 35.5 Å². The molecule has 0 aromatic carbocycles. The van der Waals surface area contributed by atoms with Gasteiger partial charge in [-0.1, -0.05) is 149 Å². The van der Waals surface area contributed by atoms with Gasteiger partial charge in [0.2, 0.25) is 0 Å². The van der Waals surface area contributed by atoms with Crippen LogP contribution in [0.1, 0.15) is 168 Å². The zero-order valence-corrected chi connectivity index (χ0v) is 22.4. The summed E-state index contributed by atoms with van der Waals surface area (Å²) in [6, 6.07) is 0. The largest absolute Gasteiger partial charge is 0.0651 e. The van der Waals surface area contributed by atoms with Gasteiger partial charge in [0.15, 0.2) is 0 Å². The predicted molar refractivity (Wildman–Crippen MR) is 143 cm³/mol. The Labute approximate surface area is 203 Å². The van der Waals surface area contributed by atoms with Gasteiger partial charge in [0.25, 0.3) is 0 Å². The summed E-state index contributed by atoms with van der Waals surface area (Å²) >= 11 is 0. The highest BCUT2D eigenvalue weighted by Crippen LogP contribution is 2.42. The lowest BCUT2D eigenvalue weighted by molar-refractivity contribution is 0.174. The third kappa shape index (κ3) is 9.70. The van der Waals surface area contributed by atoms with Crippen LogP contribution in [0.25, 0.3) is 0 Å². The van der Waals surface area contributed by atoms with Crippen molar-refractivity contribution < 1.29 is 0 Å². The third-order valence-corrected chi connectivity index (χ3v) is 10.2. The van der Waals surface area contributed by atoms with Crippen LogP contribution in [0.3, 0.4) is 0 Å². The molecule has 3 rings (SSSR count). The summed E-state index contributed by atoms with van der Waals surface area (Å²) in [5, 5.41) is 0. The molecule has 0 heteroatoms. The Morgan fingerprint density at radius 3 is 1.25 bits per heavy atom. The second-order valence-electron chi connectivity index (χ2n) is 12.8. The summed E-state index contributed by atoms with van der Waals surface area (Å²) in [6.45, 7) is 5.12. The van der Waals surface area contributed by atoms with E-state index in [2.05, 4.69) is 13.8 Å². The Hall–Kier alpha value is 0. The van der Waals surface area contributed by atoms with Gasteiger partial charge >= 0.3 is 0 Å². The SMILES string of the molecule is CCC1CC(C2CCCCCCCC2)CCCCC(C2CCCCCCCCC(C)C2)C1. The standard InChI is InChI=1S/C32H60/c1-3-28-25-31(29-19-13-9-6-7-10-14-20-29)22-16-17-23-32(26-28)30-21-15-11-5-4-8-12-18-27(2)24-30/h27-32H,3-26H2,1-2H3. The van der Waals surface area contributed by atoms with Crippen LogP contribution < -0.4 is 0 Å². The molecule has 32 heavy (non-hydrogen) atoms. The molecule has 3 aliphatic carbocycles. The fourth-order valence-corrected chi connectivity index (χ4v) is 8.11. The fraction of sp³-hybridized carbons (Fsp3) is 1.00. The molecular weight excluding hydrogens is 384 g/mol. The van der Waals surface area contributed by atoms with Crippen LogP contribution in [0.5, 0.6) is 0 Å². The Bertz CT molecular complexity index is 443. The smallest absolute Gasteiger partial charge is 0.0383 e. The first-order valence-electron chi connectivity index (χ1n) is 15.8. The van der Waals surface area contributed by atoms with Gasteiger partial charge in [-0.15, -0.1) is 0 Å². The minimum absolute atomic E-state index is 0.970. The van der Waals surface area contributed by atoms with Gasteiger partial charge < -0.3 is 0 Å². The molecule has 0 aromatic heterocycles. The van der Waals surface area contributed by atoms with E-state index in [-0.39, 0.29) is 0 Å².